The molecule has 0 N–H and O–H groups in total. The zero-order chi connectivity index (χ0) is 9.52. The van der Waals surface area contributed by atoms with Crippen LogP contribution < -0.4 is 0 Å². The van der Waals surface area contributed by atoms with Gasteiger partial charge in [0.2, 0.25) is 0 Å². The molecule has 0 saturated carbocycles. The average molecular weight is 266 g/mol. The molecule has 78 valence electrons. The molecule has 0 aromatic rings. The van der Waals surface area contributed by atoms with E-state index >= 15 is 0 Å². The predicted molar refractivity (Wildman–Crippen MR) is 66.0 cm³/mol. The average Bonchev–Trinajstić information content (AvgIpc) is 2.54. The summed E-state index contributed by atoms with van der Waals surface area (Å²) in [5.41, 5.74) is 0. The van der Waals surface area contributed by atoms with E-state index in [1.54, 1.807) is 0 Å². The lowest BCUT2D eigenvalue weighted by Crippen LogP contribution is -2.22. The first-order valence-corrected chi connectivity index (χ1v) is 7.65. The number of halogens is 1. The van der Waals surface area contributed by atoms with Crippen molar-refractivity contribution in [3.63, 3.8) is 0 Å². The fraction of sp³-hybridized carbons (Fsp3) is 1.00. The van der Waals surface area contributed by atoms with Gasteiger partial charge in [-0.25, -0.2) is 0 Å². The van der Waals surface area contributed by atoms with Crippen molar-refractivity contribution in [2.45, 2.75) is 19.3 Å². The van der Waals surface area contributed by atoms with Crippen LogP contribution in [0.15, 0.2) is 0 Å². The van der Waals surface area contributed by atoms with E-state index in [4.69, 9.17) is 0 Å². The first kappa shape index (κ1) is 11.9. The van der Waals surface area contributed by atoms with Crippen LogP contribution >= 0.6 is 27.7 Å². The molecule has 3 heteroatoms. The van der Waals surface area contributed by atoms with Gasteiger partial charge in [-0.05, 0) is 50.3 Å². The minimum Gasteiger partial charge on any atom is -0.303 e. The smallest absolute Gasteiger partial charge is 0.00344 e. The van der Waals surface area contributed by atoms with Gasteiger partial charge in [0, 0.05) is 11.9 Å². The summed E-state index contributed by atoms with van der Waals surface area (Å²) in [6, 6.07) is 0. The van der Waals surface area contributed by atoms with Crippen molar-refractivity contribution in [3.8, 4) is 0 Å². The molecule has 1 saturated heterocycles. The first-order chi connectivity index (χ1) is 6.36. The lowest BCUT2D eigenvalue weighted by Gasteiger charge is -2.14. The van der Waals surface area contributed by atoms with Gasteiger partial charge in [0.15, 0.2) is 0 Å². The molecule has 1 atom stereocenters. The maximum absolute atomic E-state index is 3.52. The Morgan fingerprint density at radius 1 is 1.54 bits per heavy atom. The largest absolute Gasteiger partial charge is 0.303 e. The summed E-state index contributed by atoms with van der Waals surface area (Å²) in [4.78, 5) is 2.63. The van der Waals surface area contributed by atoms with Gasteiger partial charge < -0.3 is 4.90 Å². The molecule has 1 fully saturated rings. The van der Waals surface area contributed by atoms with E-state index in [1.807, 2.05) is 11.8 Å². The van der Waals surface area contributed by atoms with E-state index in [2.05, 4.69) is 27.1 Å². The first-order valence-electron chi connectivity index (χ1n) is 5.14. The van der Waals surface area contributed by atoms with Gasteiger partial charge in [0.25, 0.3) is 0 Å². The number of likely N-dealkylation sites (tertiary alicyclic amines) is 1. The van der Waals surface area contributed by atoms with Crippen molar-refractivity contribution in [1.82, 2.24) is 4.90 Å². The molecule has 0 bridgehead atoms. The van der Waals surface area contributed by atoms with Crippen molar-refractivity contribution >= 4 is 27.7 Å². The molecule has 0 aliphatic carbocycles. The topological polar surface area (TPSA) is 3.24 Å². The van der Waals surface area contributed by atoms with Crippen LogP contribution in [0.1, 0.15) is 19.3 Å². The van der Waals surface area contributed by atoms with Crippen molar-refractivity contribution in [2.24, 2.45) is 5.92 Å². The van der Waals surface area contributed by atoms with Crippen molar-refractivity contribution in [2.75, 3.05) is 37.0 Å². The summed E-state index contributed by atoms with van der Waals surface area (Å²) in [5, 5.41) is 1.18. The number of nitrogens with zero attached hydrogens (tertiary/aromatic N) is 1. The van der Waals surface area contributed by atoms with Gasteiger partial charge >= 0.3 is 0 Å². The highest BCUT2D eigenvalue weighted by atomic mass is 79.9. The van der Waals surface area contributed by atoms with Gasteiger partial charge in [-0.1, -0.05) is 15.9 Å². The Labute approximate surface area is 94.8 Å². The summed E-state index contributed by atoms with van der Waals surface area (Å²) < 4.78 is 0. The van der Waals surface area contributed by atoms with Crippen LogP contribution in [0.2, 0.25) is 0 Å². The molecule has 0 radical (unpaired) electrons. The minimum atomic E-state index is 0.966. The molecule has 0 aromatic heterocycles. The molecular formula is C10H20BrNS. The molecule has 0 aromatic carbocycles. The molecule has 1 unspecified atom stereocenters. The van der Waals surface area contributed by atoms with Crippen LogP contribution in [0.4, 0.5) is 0 Å². The summed E-state index contributed by atoms with van der Waals surface area (Å²) in [5.74, 6) is 2.29. The van der Waals surface area contributed by atoms with Crippen LogP contribution in [-0.4, -0.2) is 41.9 Å². The Morgan fingerprint density at radius 2 is 2.38 bits per heavy atom. The maximum Gasteiger partial charge on any atom is 0.00344 e. The molecular weight excluding hydrogens is 246 g/mol. The second-order valence-electron chi connectivity index (χ2n) is 3.78. The molecule has 1 aliphatic rings. The van der Waals surface area contributed by atoms with E-state index in [1.165, 1.54) is 50.0 Å². The normalized spacial score (nSPS) is 24.0. The standard InChI is InChI=1S/C10H20BrNS/c1-13-8-2-6-12-7-4-10(9-12)3-5-11/h10H,2-9H2,1H3. The predicted octanol–water partition coefficient (Wildman–Crippen LogP) is 2.85. The third-order valence-corrected chi connectivity index (χ3v) is 3.86. The summed E-state index contributed by atoms with van der Waals surface area (Å²) >= 11 is 5.48. The van der Waals surface area contributed by atoms with Crippen LogP contribution in [0.3, 0.4) is 0 Å². The molecule has 0 amide bonds. The highest BCUT2D eigenvalue weighted by molar-refractivity contribution is 9.09. The van der Waals surface area contributed by atoms with Crippen LogP contribution in [-0.2, 0) is 0 Å². The molecule has 0 spiro atoms. The second kappa shape index (κ2) is 7.13. The number of thioether (sulfide) groups is 1. The van der Waals surface area contributed by atoms with Crippen LogP contribution in [0.5, 0.6) is 0 Å². The molecule has 1 nitrogen and oxygen atoms in total. The number of rotatable bonds is 6. The number of hydrogen-bond donors (Lipinski definition) is 0. The summed E-state index contributed by atoms with van der Waals surface area (Å²) in [6.45, 7) is 4.01. The SMILES string of the molecule is CSCCCN1CCC(CCBr)C1. The monoisotopic (exact) mass is 265 g/mol. The van der Waals surface area contributed by atoms with Crippen molar-refractivity contribution in [3.05, 3.63) is 0 Å². The Kier molecular flexibility index (Phi) is 6.51. The zero-order valence-electron chi connectivity index (χ0n) is 8.47. The lowest BCUT2D eigenvalue weighted by atomic mass is 10.1. The van der Waals surface area contributed by atoms with E-state index in [0.717, 1.165) is 5.92 Å². The van der Waals surface area contributed by atoms with Crippen LogP contribution in [0.25, 0.3) is 0 Å². The fourth-order valence-corrected chi connectivity index (χ4v) is 3.00. The van der Waals surface area contributed by atoms with E-state index < -0.39 is 0 Å². The molecule has 1 aliphatic heterocycles. The van der Waals surface area contributed by atoms with Gasteiger partial charge in [0.1, 0.15) is 0 Å². The van der Waals surface area contributed by atoms with E-state index in [-0.39, 0.29) is 0 Å². The van der Waals surface area contributed by atoms with Crippen molar-refractivity contribution < 1.29 is 0 Å². The van der Waals surface area contributed by atoms with Crippen molar-refractivity contribution in [1.29, 1.82) is 0 Å². The highest BCUT2D eigenvalue weighted by Gasteiger charge is 2.20. The van der Waals surface area contributed by atoms with Crippen LogP contribution in [0, 0.1) is 5.92 Å². The summed E-state index contributed by atoms with van der Waals surface area (Å²) in [7, 11) is 0. The zero-order valence-corrected chi connectivity index (χ0v) is 10.9. The quantitative estimate of drug-likeness (QED) is 0.537. The van der Waals surface area contributed by atoms with Gasteiger partial charge in [-0.15, -0.1) is 0 Å². The fourth-order valence-electron chi connectivity index (χ4n) is 1.94. The van der Waals surface area contributed by atoms with Gasteiger partial charge in [0.05, 0.1) is 0 Å². The third kappa shape index (κ3) is 4.71. The molecule has 1 rings (SSSR count). The van der Waals surface area contributed by atoms with E-state index in [0.29, 0.717) is 0 Å². The maximum atomic E-state index is 3.52. The number of hydrogen-bond acceptors (Lipinski definition) is 2. The Bertz CT molecular complexity index is 132. The van der Waals surface area contributed by atoms with Gasteiger partial charge in [-0.2, -0.15) is 11.8 Å². The second-order valence-corrected chi connectivity index (χ2v) is 5.56. The highest BCUT2D eigenvalue weighted by Crippen LogP contribution is 2.20. The van der Waals surface area contributed by atoms with Gasteiger partial charge in [-0.3, -0.25) is 0 Å². The minimum absolute atomic E-state index is 0.966. The Balaban J connectivity index is 2.03. The molecule has 1 heterocycles. The summed E-state index contributed by atoms with van der Waals surface area (Å²) in [6.07, 6.45) is 6.34. The third-order valence-electron chi connectivity index (χ3n) is 2.71. The Hall–Kier alpha value is 0.790. The van der Waals surface area contributed by atoms with E-state index in [9.17, 15) is 0 Å². The number of alkyl halides is 1. The molecule has 13 heavy (non-hydrogen) atoms. The Morgan fingerprint density at radius 3 is 3.08 bits per heavy atom. The lowest BCUT2D eigenvalue weighted by molar-refractivity contribution is 0.325.